The topological polar surface area (TPSA) is 35.6 Å². The maximum Gasteiger partial charge on any atom is 0.336 e. The summed E-state index contributed by atoms with van der Waals surface area (Å²) in [4.78, 5) is 12.2. The zero-order valence-corrected chi connectivity index (χ0v) is 10.7. The third-order valence-electron chi connectivity index (χ3n) is 3.90. The molecule has 4 nitrogen and oxygen atoms in total. The maximum atomic E-state index is 12.2. The number of hydrogen-bond donors (Lipinski definition) is 1. The SMILES string of the molecule is Cc1ccc(NC(=O)N2CC3CCN2CC3)cc1. The first-order chi connectivity index (χ1) is 8.72. The average molecular weight is 245 g/mol. The van der Waals surface area contributed by atoms with Crippen molar-refractivity contribution in [1.82, 2.24) is 10.0 Å². The Morgan fingerprint density at radius 3 is 2.44 bits per heavy atom. The van der Waals surface area contributed by atoms with Crippen LogP contribution in [0.25, 0.3) is 0 Å². The summed E-state index contributed by atoms with van der Waals surface area (Å²) < 4.78 is 0. The molecule has 3 fully saturated rings. The normalized spacial score (nSPS) is 26.2. The Hall–Kier alpha value is -1.55. The number of amides is 2. The largest absolute Gasteiger partial charge is 0.336 e. The molecule has 0 radical (unpaired) electrons. The Kier molecular flexibility index (Phi) is 2.96. The van der Waals surface area contributed by atoms with Crippen LogP contribution in [0.1, 0.15) is 18.4 Å². The van der Waals surface area contributed by atoms with Gasteiger partial charge in [-0.1, -0.05) is 17.7 Å². The fraction of sp³-hybridized carbons (Fsp3) is 0.500. The summed E-state index contributed by atoms with van der Waals surface area (Å²) in [6.07, 6.45) is 2.46. The molecule has 3 saturated heterocycles. The van der Waals surface area contributed by atoms with Crippen molar-refractivity contribution in [3.63, 3.8) is 0 Å². The van der Waals surface area contributed by atoms with Gasteiger partial charge in [0.05, 0.1) is 0 Å². The smallest absolute Gasteiger partial charge is 0.307 e. The van der Waals surface area contributed by atoms with E-state index in [-0.39, 0.29) is 6.03 Å². The second-order valence-electron chi connectivity index (χ2n) is 5.28. The third kappa shape index (κ3) is 2.20. The fourth-order valence-corrected chi connectivity index (χ4v) is 2.74. The van der Waals surface area contributed by atoms with Crippen molar-refractivity contribution < 1.29 is 4.79 Å². The standard InChI is InChI=1S/C14H19N3O/c1-11-2-4-13(5-3-11)15-14(18)17-10-12-6-8-16(17)9-7-12/h2-5,12H,6-10H2,1H3,(H,15,18). The number of fused-ring (bicyclic) bond motifs is 3. The summed E-state index contributed by atoms with van der Waals surface area (Å²) >= 11 is 0. The van der Waals surface area contributed by atoms with E-state index < -0.39 is 0 Å². The van der Waals surface area contributed by atoms with Crippen LogP contribution in [0.3, 0.4) is 0 Å². The zero-order chi connectivity index (χ0) is 12.5. The first kappa shape index (κ1) is 11.5. The molecule has 18 heavy (non-hydrogen) atoms. The molecule has 0 aliphatic carbocycles. The molecule has 0 saturated carbocycles. The van der Waals surface area contributed by atoms with Crippen molar-refractivity contribution in [2.24, 2.45) is 5.92 Å². The number of nitrogens with zero attached hydrogens (tertiary/aromatic N) is 2. The van der Waals surface area contributed by atoms with Crippen LogP contribution < -0.4 is 5.32 Å². The summed E-state index contributed by atoms with van der Waals surface area (Å²) in [5.41, 5.74) is 2.07. The van der Waals surface area contributed by atoms with Crippen LogP contribution in [0, 0.1) is 12.8 Å². The Labute approximate surface area is 108 Å². The monoisotopic (exact) mass is 245 g/mol. The molecule has 1 N–H and O–H groups in total. The van der Waals surface area contributed by atoms with Gasteiger partial charge in [0.25, 0.3) is 0 Å². The molecule has 0 spiro atoms. The predicted molar refractivity (Wildman–Crippen MR) is 71.2 cm³/mol. The van der Waals surface area contributed by atoms with E-state index >= 15 is 0 Å². The van der Waals surface area contributed by atoms with Gasteiger partial charge in [-0.05, 0) is 37.8 Å². The fourth-order valence-electron chi connectivity index (χ4n) is 2.74. The van der Waals surface area contributed by atoms with Gasteiger partial charge in [0.1, 0.15) is 0 Å². The molecule has 3 aliphatic rings. The molecule has 4 heteroatoms. The number of hydrogen-bond acceptors (Lipinski definition) is 2. The first-order valence-corrected chi connectivity index (χ1v) is 6.62. The summed E-state index contributed by atoms with van der Waals surface area (Å²) in [6.45, 7) is 4.95. The van der Waals surface area contributed by atoms with Crippen molar-refractivity contribution in [1.29, 1.82) is 0 Å². The minimum atomic E-state index is 0.00301. The number of piperidine rings is 1. The predicted octanol–water partition coefficient (Wildman–Crippen LogP) is 2.47. The van der Waals surface area contributed by atoms with E-state index in [4.69, 9.17) is 0 Å². The highest BCUT2D eigenvalue weighted by molar-refractivity contribution is 5.89. The molecule has 4 rings (SSSR count). The summed E-state index contributed by atoms with van der Waals surface area (Å²) in [6, 6.07) is 7.93. The van der Waals surface area contributed by atoms with E-state index in [1.54, 1.807) is 0 Å². The molecule has 1 aromatic carbocycles. The van der Waals surface area contributed by atoms with Gasteiger partial charge in [0.15, 0.2) is 0 Å². The minimum absolute atomic E-state index is 0.00301. The third-order valence-corrected chi connectivity index (χ3v) is 3.90. The lowest BCUT2D eigenvalue weighted by Crippen LogP contribution is -2.58. The molecule has 2 bridgehead atoms. The number of urea groups is 1. The van der Waals surface area contributed by atoms with E-state index in [9.17, 15) is 4.79 Å². The van der Waals surface area contributed by atoms with Gasteiger partial charge >= 0.3 is 6.03 Å². The number of aryl methyl sites for hydroxylation is 1. The summed E-state index contributed by atoms with van der Waals surface area (Å²) in [5.74, 6) is 0.693. The number of benzene rings is 1. The number of hydrazine groups is 1. The number of rotatable bonds is 1. The lowest BCUT2D eigenvalue weighted by atomic mass is 9.94. The van der Waals surface area contributed by atoms with Crippen LogP contribution in [-0.4, -0.2) is 35.7 Å². The summed E-state index contributed by atoms with van der Waals surface area (Å²) in [5, 5.41) is 7.01. The van der Waals surface area contributed by atoms with E-state index in [1.807, 2.05) is 36.2 Å². The number of carbonyl (C=O) groups is 1. The van der Waals surface area contributed by atoms with Crippen molar-refractivity contribution in [2.45, 2.75) is 19.8 Å². The Bertz CT molecular complexity index is 435. The quantitative estimate of drug-likeness (QED) is 0.825. The molecule has 96 valence electrons. The Balaban J connectivity index is 1.66. The van der Waals surface area contributed by atoms with Gasteiger partial charge in [-0.15, -0.1) is 0 Å². The van der Waals surface area contributed by atoms with Crippen molar-refractivity contribution in [3.8, 4) is 0 Å². The van der Waals surface area contributed by atoms with E-state index in [0.29, 0.717) is 5.92 Å². The average Bonchev–Trinajstić information content (AvgIpc) is 2.42. The van der Waals surface area contributed by atoms with E-state index in [1.165, 1.54) is 18.4 Å². The molecule has 0 aromatic heterocycles. The van der Waals surface area contributed by atoms with Crippen LogP contribution in [0.15, 0.2) is 24.3 Å². The van der Waals surface area contributed by atoms with Crippen LogP contribution >= 0.6 is 0 Å². The molecule has 2 amide bonds. The molecule has 3 heterocycles. The van der Waals surface area contributed by atoms with Crippen LogP contribution in [0.4, 0.5) is 10.5 Å². The number of carbonyl (C=O) groups excluding carboxylic acids is 1. The van der Waals surface area contributed by atoms with E-state index in [0.717, 1.165) is 25.3 Å². The molecule has 0 unspecified atom stereocenters. The second kappa shape index (κ2) is 4.61. The van der Waals surface area contributed by atoms with Crippen LogP contribution in [-0.2, 0) is 0 Å². The number of anilines is 1. The zero-order valence-electron chi connectivity index (χ0n) is 10.7. The van der Waals surface area contributed by atoms with Crippen molar-refractivity contribution >= 4 is 11.7 Å². The van der Waals surface area contributed by atoms with Gasteiger partial charge in [-0.3, -0.25) is 5.01 Å². The van der Waals surface area contributed by atoms with Gasteiger partial charge in [-0.25, -0.2) is 9.80 Å². The van der Waals surface area contributed by atoms with E-state index in [2.05, 4.69) is 10.3 Å². The molecule has 0 atom stereocenters. The lowest BCUT2D eigenvalue weighted by molar-refractivity contribution is -0.0698. The van der Waals surface area contributed by atoms with Gasteiger partial charge in [0, 0.05) is 25.3 Å². The highest BCUT2D eigenvalue weighted by Crippen LogP contribution is 2.27. The molecule has 3 aliphatic heterocycles. The van der Waals surface area contributed by atoms with Gasteiger partial charge < -0.3 is 5.32 Å². The first-order valence-electron chi connectivity index (χ1n) is 6.62. The van der Waals surface area contributed by atoms with Crippen LogP contribution in [0.2, 0.25) is 0 Å². The highest BCUT2D eigenvalue weighted by Gasteiger charge is 2.34. The van der Waals surface area contributed by atoms with Crippen molar-refractivity contribution in [3.05, 3.63) is 29.8 Å². The molecule has 1 aromatic rings. The Morgan fingerprint density at radius 2 is 1.89 bits per heavy atom. The lowest BCUT2D eigenvalue weighted by Gasteiger charge is -2.47. The van der Waals surface area contributed by atoms with Crippen molar-refractivity contribution in [2.75, 3.05) is 25.0 Å². The number of nitrogens with one attached hydrogen (secondary N) is 1. The highest BCUT2D eigenvalue weighted by atomic mass is 16.2. The Morgan fingerprint density at radius 1 is 1.22 bits per heavy atom. The van der Waals surface area contributed by atoms with Crippen LogP contribution in [0.5, 0.6) is 0 Å². The maximum absolute atomic E-state index is 12.2. The molecular formula is C14H19N3O. The van der Waals surface area contributed by atoms with Gasteiger partial charge in [-0.2, -0.15) is 0 Å². The molecular weight excluding hydrogens is 226 g/mol. The second-order valence-corrected chi connectivity index (χ2v) is 5.28. The minimum Gasteiger partial charge on any atom is -0.307 e. The summed E-state index contributed by atoms with van der Waals surface area (Å²) in [7, 11) is 0. The van der Waals surface area contributed by atoms with Gasteiger partial charge in [0.2, 0.25) is 0 Å².